The van der Waals surface area contributed by atoms with E-state index in [9.17, 15) is 9.59 Å². The first-order valence-electron chi connectivity index (χ1n) is 21.2. The molecule has 49 heavy (non-hydrogen) atoms. The van der Waals surface area contributed by atoms with Gasteiger partial charge in [-0.05, 0) is 107 Å². The van der Waals surface area contributed by atoms with Crippen molar-refractivity contribution >= 4 is 11.9 Å². The van der Waals surface area contributed by atoms with E-state index in [2.05, 4.69) is 44.7 Å². The number of hydrogen-bond acceptors (Lipinski definition) is 5. The van der Waals surface area contributed by atoms with Gasteiger partial charge in [0.1, 0.15) is 5.75 Å². The van der Waals surface area contributed by atoms with Gasteiger partial charge >= 0.3 is 11.9 Å². The van der Waals surface area contributed by atoms with E-state index in [0.29, 0.717) is 19.4 Å². The lowest BCUT2D eigenvalue weighted by Gasteiger charge is -2.21. The van der Waals surface area contributed by atoms with Crippen LogP contribution in [0.2, 0.25) is 0 Å². The first-order chi connectivity index (χ1) is 24.0. The third kappa shape index (κ3) is 26.6. The summed E-state index contributed by atoms with van der Waals surface area (Å²) in [6.07, 6.45) is 32.0. The van der Waals surface area contributed by atoms with Crippen LogP contribution in [0.25, 0.3) is 0 Å². The molecule has 5 heteroatoms. The van der Waals surface area contributed by atoms with E-state index in [4.69, 9.17) is 9.47 Å². The maximum Gasteiger partial charge on any atom is 0.311 e. The Bertz CT molecular complexity index is 916. The Morgan fingerprint density at radius 2 is 0.980 bits per heavy atom. The fourth-order valence-electron chi connectivity index (χ4n) is 6.69. The summed E-state index contributed by atoms with van der Waals surface area (Å²) in [4.78, 5) is 27.2. The van der Waals surface area contributed by atoms with Crippen LogP contribution in [0.3, 0.4) is 0 Å². The third-order valence-electron chi connectivity index (χ3n) is 9.77. The number of unbranched alkanes of at least 4 members (excludes halogenated alkanes) is 18. The lowest BCUT2D eigenvalue weighted by atomic mass is 9.97. The Kier molecular flexibility index (Phi) is 30.7. The van der Waals surface area contributed by atoms with Gasteiger partial charge in [-0.25, -0.2) is 0 Å². The first-order valence-corrected chi connectivity index (χ1v) is 21.2. The molecule has 1 aromatic carbocycles. The molecule has 5 nitrogen and oxygen atoms in total. The molecule has 0 saturated carbocycles. The van der Waals surface area contributed by atoms with Crippen LogP contribution in [-0.2, 0) is 27.2 Å². The van der Waals surface area contributed by atoms with E-state index in [-0.39, 0.29) is 11.9 Å². The molecule has 0 heterocycles. The highest BCUT2D eigenvalue weighted by atomic mass is 16.5. The number of nitrogens with zero attached hydrogens (tertiary/aromatic N) is 1. The highest BCUT2D eigenvalue weighted by Crippen LogP contribution is 2.23. The number of carbonyl (C=O) groups excluding carboxylic acids is 2. The number of aryl methyl sites for hydroxylation is 2. The van der Waals surface area contributed by atoms with E-state index in [0.717, 1.165) is 50.7 Å². The van der Waals surface area contributed by atoms with Crippen LogP contribution < -0.4 is 4.74 Å². The molecule has 0 aliphatic heterocycles. The van der Waals surface area contributed by atoms with Crippen LogP contribution in [0.5, 0.6) is 5.75 Å². The highest BCUT2D eigenvalue weighted by Gasteiger charge is 2.10. The van der Waals surface area contributed by atoms with E-state index < -0.39 is 0 Å². The van der Waals surface area contributed by atoms with Crippen molar-refractivity contribution in [2.24, 2.45) is 0 Å². The quantitative estimate of drug-likeness (QED) is 0.0404. The van der Waals surface area contributed by atoms with Crippen molar-refractivity contribution < 1.29 is 19.1 Å². The molecule has 284 valence electrons. The van der Waals surface area contributed by atoms with Gasteiger partial charge in [-0.2, -0.15) is 0 Å². The minimum Gasteiger partial charge on any atom is -0.466 e. The molecule has 0 spiro atoms. The fraction of sp³-hybridized carbons (Fsp3) is 0.818. The van der Waals surface area contributed by atoms with E-state index in [1.54, 1.807) is 0 Å². The number of benzene rings is 1. The molecule has 0 aliphatic carbocycles. The van der Waals surface area contributed by atoms with E-state index >= 15 is 0 Å². The second-order valence-corrected chi connectivity index (χ2v) is 14.5. The van der Waals surface area contributed by atoms with Gasteiger partial charge in [-0.1, -0.05) is 136 Å². The van der Waals surface area contributed by atoms with Crippen LogP contribution in [0, 0.1) is 0 Å². The Morgan fingerprint density at radius 3 is 1.57 bits per heavy atom. The number of hydrogen-bond donors (Lipinski definition) is 0. The Hall–Kier alpha value is -1.88. The summed E-state index contributed by atoms with van der Waals surface area (Å²) in [5, 5.41) is 0. The molecule has 0 saturated heterocycles. The van der Waals surface area contributed by atoms with Crippen molar-refractivity contribution in [3.8, 4) is 5.75 Å². The molecule has 0 bridgehead atoms. The Labute approximate surface area is 304 Å². The van der Waals surface area contributed by atoms with Crippen molar-refractivity contribution in [3.63, 3.8) is 0 Å². The summed E-state index contributed by atoms with van der Waals surface area (Å²) in [5.74, 6) is 0.622. The fourth-order valence-corrected chi connectivity index (χ4v) is 6.69. The van der Waals surface area contributed by atoms with Crippen LogP contribution in [0.4, 0.5) is 0 Å². The zero-order valence-electron chi connectivity index (χ0n) is 32.9. The monoisotopic (exact) mass is 686 g/mol. The van der Waals surface area contributed by atoms with E-state index in [1.165, 1.54) is 153 Å². The summed E-state index contributed by atoms with van der Waals surface area (Å²) in [6.45, 7) is 13.1. The third-order valence-corrected chi connectivity index (χ3v) is 9.77. The van der Waals surface area contributed by atoms with Gasteiger partial charge in [0.2, 0.25) is 0 Å². The van der Waals surface area contributed by atoms with Gasteiger partial charge in [0.25, 0.3) is 0 Å². The van der Waals surface area contributed by atoms with Crippen molar-refractivity contribution in [3.05, 3.63) is 29.3 Å². The number of esters is 2. The maximum absolute atomic E-state index is 12.6. The minimum atomic E-state index is -0.0916. The molecule has 0 atom stereocenters. The largest absolute Gasteiger partial charge is 0.466 e. The standard InChI is InChI=1S/C44H79NO4/c1-5-9-12-13-14-21-28-38-48-43(46)31-24-17-15-19-26-36-45(35-8-4)37-27-20-16-18-25-32-44(47)49-42-34-33-40(29-22-10-6-2)41(39-42)30-23-11-7-3/h33-34,39H,5-32,35-38H2,1-4H3. The van der Waals surface area contributed by atoms with Crippen LogP contribution in [-0.4, -0.2) is 43.1 Å². The minimum absolute atomic E-state index is 0.00901. The molecule has 0 aliphatic rings. The van der Waals surface area contributed by atoms with Crippen molar-refractivity contribution in [1.82, 2.24) is 4.90 Å². The molecule has 1 aromatic rings. The normalized spacial score (nSPS) is 11.4. The lowest BCUT2D eigenvalue weighted by Crippen LogP contribution is -2.27. The topological polar surface area (TPSA) is 55.8 Å². The number of rotatable bonds is 35. The number of carbonyl (C=O) groups is 2. The lowest BCUT2D eigenvalue weighted by molar-refractivity contribution is -0.144. The zero-order chi connectivity index (χ0) is 35.6. The summed E-state index contributed by atoms with van der Waals surface area (Å²) >= 11 is 0. The molecular weight excluding hydrogens is 606 g/mol. The van der Waals surface area contributed by atoms with Crippen LogP contribution in [0.15, 0.2) is 18.2 Å². The molecule has 0 aromatic heterocycles. The predicted octanol–water partition coefficient (Wildman–Crippen LogP) is 12.7. The average Bonchev–Trinajstić information content (AvgIpc) is 3.09. The zero-order valence-corrected chi connectivity index (χ0v) is 32.9. The van der Waals surface area contributed by atoms with E-state index in [1.807, 2.05) is 6.07 Å². The highest BCUT2D eigenvalue weighted by molar-refractivity contribution is 5.72. The first kappa shape index (κ1) is 45.1. The molecule has 0 amide bonds. The van der Waals surface area contributed by atoms with Crippen LogP contribution in [0.1, 0.15) is 206 Å². The summed E-state index contributed by atoms with van der Waals surface area (Å²) < 4.78 is 11.2. The summed E-state index contributed by atoms with van der Waals surface area (Å²) in [5.41, 5.74) is 2.80. The Morgan fingerprint density at radius 1 is 0.490 bits per heavy atom. The second kappa shape index (κ2) is 33.3. The van der Waals surface area contributed by atoms with Gasteiger partial charge in [0.15, 0.2) is 0 Å². The SMILES string of the molecule is CCCCCCCCCOC(=O)CCCCCCCN(CCC)CCCCCCCC(=O)Oc1ccc(CCCCC)c(CCCCC)c1. The smallest absolute Gasteiger partial charge is 0.311 e. The summed E-state index contributed by atoms with van der Waals surface area (Å²) in [6, 6.07) is 6.33. The second-order valence-electron chi connectivity index (χ2n) is 14.5. The summed E-state index contributed by atoms with van der Waals surface area (Å²) in [7, 11) is 0. The molecule has 1 rings (SSSR count). The average molecular weight is 686 g/mol. The maximum atomic E-state index is 12.6. The molecule has 0 unspecified atom stereocenters. The number of ether oxygens (including phenoxy) is 2. The predicted molar refractivity (Wildman–Crippen MR) is 210 cm³/mol. The van der Waals surface area contributed by atoms with Gasteiger partial charge in [-0.15, -0.1) is 0 Å². The Balaban J connectivity index is 2.12. The molecule has 0 fully saturated rings. The molecular formula is C44H79NO4. The van der Waals surface area contributed by atoms with Gasteiger partial charge in [0.05, 0.1) is 6.61 Å². The van der Waals surface area contributed by atoms with Crippen molar-refractivity contribution in [1.29, 1.82) is 0 Å². The molecule has 0 N–H and O–H groups in total. The van der Waals surface area contributed by atoms with Crippen molar-refractivity contribution in [2.75, 3.05) is 26.2 Å². The van der Waals surface area contributed by atoms with Gasteiger partial charge < -0.3 is 14.4 Å². The molecule has 0 radical (unpaired) electrons. The van der Waals surface area contributed by atoms with Crippen LogP contribution >= 0.6 is 0 Å². The van der Waals surface area contributed by atoms with Crippen molar-refractivity contribution in [2.45, 2.75) is 207 Å². The van der Waals surface area contributed by atoms with Gasteiger partial charge in [-0.3, -0.25) is 9.59 Å². The van der Waals surface area contributed by atoms with Gasteiger partial charge in [0, 0.05) is 12.8 Å².